The summed E-state index contributed by atoms with van der Waals surface area (Å²) in [5.74, 6) is -0.115. The van der Waals surface area contributed by atoms with Crippen LogP contribution in [0.1, 0.15) is 39.1 Å². The molecule has 34 heavy (non-hydrogen) atoms. The normalized spacial score (nSPS) is 13.9. The Balaban J connectivity index is 1.35. The molecular formula is C25H22N2O7. The number of amides is 1. The lowest BCUT2D eigenvalue weighted by molar-refractivity contribution is -0.385. The minimum absolute atomic E-state index is 0.101. The molecular weight excluding hydrogens is 440 g/mol. The van der Waals surface area contributed by atoms with Crippen LogP contribution in [-0.4, -0.2) is 46.8 Å². The van der Waals surface area contributed by atoms with Gasteiger partial charge < -0.3 is 20.3 Å². The van der Waals surface area contributed by atoms with Crippen LogP contribution in [0.15, 0.2) is 66.7 Å². The average molecular weight is 462 g/mol. The van der Waals surface area contributed by atoms with Gasteiger partial charge in [-0.2, -0.15) is 0 Å². The number of alkyl carbamates (subject to hydrolysis) is 1. The van der Waals surface area contributed by atoms with Crippen molar-refractivity contribution in [2.45, 2.75) is 18.1 Å². The molecule has 9 heteroatoms. The molecule has 0 spiro atoms. The van der Waals surface area contributed by atoms with Crippen LogP contribution >= 0.6 is 0 Å². The second-order valence-corrected chi connectivity index (χ2v) is 7.91. The van der Waals surface area contributed by atoms with Gasteiger partial charge in [0.1, 0.15) is 18.8 Å². The Morgan fingerprint density at radius 3 is 2.26 bits per heavy atom. The molecule has 0 saturated heterocycles. The third-order valence-corrected chi connectivity index (χ3v) is 5.88. The monoisotopic (exact) mass is 462 g/mol. The van der Waals surface area contributed by atoms with Crippen molar-refractivity contribution in [2.24, 2.45) is 0 Å². The number of nitro benzene ring substituents is 1. The third kappa shape index (κ3) is 4.52. The van der Waals surface area contributed by atoms with E-state index in [0.717, 1.165) is 34.4 Å². The molecule has 0 fully saturated rings. The van der Waals surface area contributed by atoms with Crippen molar-refractivity contribution in [3.8, 4) is 11.1 Å². The molecule has 2 unspecified atom stereocenters. The standard InChI is InChI=1S/C25H22N2O7/c28-13-16-11-15(9-10-22(16)27(32)33)24(30)23(29)12-26-25(31)34-14-21-19-7-3-1-5-17(19)18-6-2-4-8-20(18)21/h1-11,13,21,23-24,29-30H,12,14H2,(H,26,31). The summed E-state index contributed by atoms with van der Waals surface area (Å²) in [6, 6.07) is 19.3. The third-order valence-electron chi connectivity index (χ3n) is 5.88. The Labute approximate surface area is 194 Å². The fraction of sp³-hybridized carbons (Fsp3) is 0.200. The molecule has 2 atom stereocenters. The van der Waals surface area contributed by atoms with Crippen molar-refractivity contribution < 1.29 is 29.5 Å². The van der Waals surface area contributed by atoms with Crippen LogP contribution in [0.2, 0.25) is 0 Å². The summed E-state index contributed by atoms with van der Waals surface area (Å²) in [5, 5.41) is 34.0. The fourth-order valence-electron chi connectivity index (χ4n) is 4.19. The number of carbonyl (C=O) groups excluding carboxylic acids is 2. The van der Waals surface area contributed by atoms with Crippen LogP contribution in [0.4, 0.5) is 10.5 Å². The minimum atomic E-state index is -1.48. The second kappa shape index (κ2) is 9.82. The van der Waals surface area contributed by atoms with E-state index in [2.05, 4.69) is 5.32 Å². The van der Waals surface area contributed by atoms with E-state index in [4.69, 9.17) is 4.74 Å². The van der Waals surface area contributed by atoms with Gasteiger partial charge in [-0.25, -0.2) is 4.79 Å². The predicted octanol–water partition coefficient (Wildman–Crippen LogP) is 3.34. The molecule has 4 rings (SSSR count). The lowest BCUT2D eigenvalue weighted by Gasteiger charge is -2.19. The summed E-state index contributed by atoms with van der Waals surface area (Å²) in [6.45, 7) is -0.227. The molecule has 3 aromatic rings. The van der Waals surface area contributed by atoms with E-state index in [-0.39, 0.29) is 30.2 Å². The van der Waals surface area contributed by atoms with Crippen LogP contribution in [0, 0.1) is 10.1 Å². The molecule has 3 N–H and O–H groups in total. The number of aldehydes is 1. The highest BCUT2D eigenvalue weighted by molar-refractivity contribution is 5.82. The number of nitrogens with one attached hydrogen (secondary N) is 1. The molecule has 0 saturated carbocycles. The molecule has 0 radical (unpaired) electrons. The van der Waals surface area contributed by atoms with E-state index >= 15 is 0 Å². The average Bonchev–Trinajstić information content (AvgIpc) is 3.18. The highest BCUT2D eigenvalue weighted by Gasteiger charge is 2.29. The molecule has 9 nitrogen and oxygen atoms in total. The van der Waals surface area contributed by atoms with E-state index < -0.39 is 28.9 Å². The van der Waals surface area contributed by atoms with Crippen LogP contribution in [0.5, 0.6) is 0 Å². The van der Waals surface area contributed by atoms with Gasteiger partial charge in [0.05, 0.1) is 10.5 Å². The number of nitro groups is 1. The molecule has 0 heterocycles. The van der Waals surface area contributed by atoms with Gasteiger partial charge in [-0.15, -0.1) is 0 Å². The zero-order valence-electron chi connectivity index (χ0n) is 18.0. The molecule has 174 valence electrons. The Morgan fingerprint density at radius 1 is 1.06 bits per heavy atom. The topological polar surface area (TPSA) is 139 Å². The number of ether oxygens (including phenoxy) is 1. The first kappa shape index (κ1) is 23.1. The van der Waals surface area contributed by atoms with Gasteiger partial charge in [-0.05, 0) is 39.9 Å². The number of benzene rings is 3. The lowest BCUT2D eigenvalue weighted by Crippen LogP contribution is -2.36. The highest BCUT2D eigenvalue weighted by atomic mass is 16.6. The molecule has 0 aliphatic heterocycles. The molecule has 1 aliphatic rings. The minimum Gasteiger partial charge on any atom is -0.449 e. The predicted molar refractivity (Wildman–Crippen MR) is 123 cm³/mol. The van der Waals surface area contributed by atoms with Gasteiger partial charge in [0.15, 0.2) is 6.29 Å². The summed E-state index contributed by atoms with van der Waals surface area (Å²) >= 11 is 0. The van der Waals surface area contributed by atoms with Gasteiger partial charge in [0.25, 0.3) is 5.69 Å². The summed E-state index contributed by atoms with van der Waals surface area (Å²) < 4.78 is 5.39. The zero-order valence-corrected chi connectivity index (χ0v) is 18.0. The van der Waals surface area contributed by atoms with Gasteiger partial charge in [-0.1, -0.05) is 48.5 Å². The van der Waals surface area contributed by atoms with Crippen molar-refractivity contribution in [3.63, 3.8) is 0 Å². The first-order valence-electron chi connectivity index (χ1n) is 10.6. The number of aliphatic hydroxyl groups excluding tert-OH is 2. The fourth-order valence-corrected chi connectivity index (χ4v) is 4.19. The first-order valence-corrected chi connectivity index (χ1v) is 10.6. The van der Waals surface area contributed by atoms with Crippen molar-refractivity contribution in [1.82, 2.24) is 5.32 Å². The SMILES string of the molecule is O=Cc1cc(C(O)C(O)CNC(=O)OCC2c3ccccc3-c3ccccc32)ccc1[N+](=O)[O-]. The van der Waals surface area contributed by atoms with Crippen LogP contribution in [-0.2, 0) is 4.74 Å². The van der Waals surface area contributed by atoms with Crippen molar-refractivity contribution in [3.05, 3.63) is 99.1 Å². The first-order chi connectivity index (χ1) is 16.4. The van der Waals surface area contributed by atoms with Gasteiger partial charge in [0, 0.05) is 18.5 Å². The summed E-state index contributed by atoms with van der Waals surface area (Å²) in [6.07, 6.45) is -3.37. The van der Waals surface area contributed by atoms with E-state index in [1.165, 1.54) is 6.07 Å². The Kier molecular flexibility index (Phi) is 6.67. The highest BCUT2D eigenvalue weighted by Crippen LogP contribution is 2.44. The largest absolute Gasteiger partial charge is 0.449 e. The maximum atomic E-state index is 12.3. The smallest absolute Gasteiger partial charge is 0.407 e. The molecule has 1 aliphatic carbocycles. The number of carbonyl (C=O) groups is 2. The quantitative estimate of drug-likeness (QED) is 0.265. The summed E-state index contributed by atoms with van der Waals surface area (Å²) in [7, 11) is 0. The van der Waals surface area contributed by atoms with Crippen LogP contribution in [0.3, 0.4) is 0 Å². The number of fused-ring (bicyclic) bond motifs is 3. The maximum absolute atomic E-state index is 12.3. The number of hydrogen-bond donors (Lipinski definition) is 3. The molecule has 0 aromatic heterocycles. The molecule has 0 bridgehead atoms. The van der Waals surface area contributed by atoms with Crippen LogP contribution < -0.4 is 5.32 Å². The van der Waals surface area contributed by atoms with E-state index in [1.54, 1.807) is 0 Å². The van der Waals surface area contributed by atoms with Gasteiger partial charge in [-0.3, -0.25) is 14.9 Å². The summed E-state index contributed by atoms with van der Waals surface area (Å²) in [4.78, 5) is 33.6. The number of hydrogen-bond acceptors (Lipinski definition) is 7. The Hall–Kier alpha value is -4.08. The van der Waals surface area contributed by atoms with Crippen LogP contribution in [0.25, 0.3) is 11.1 Å². The number of nitrogens with zero attached hydrogens (tertiary/aromatic N) is 1. The van der Waals surface area contributed by atoms with E-state index in [0.29, 0.717) is 6.29 Å². The van der Waals surface area contributed by atoms with E-state index in [9.17, 15) is 29.9 Å². The number of rotatable bonds is 8. The van der Waals surface area contributed by atoms with E-state index in [1.807, 2.05) is 48.5 Å². The summed E-state index contributed by atoms with van der Waals surface area (Å²) in [5.41, 5.74) is 3.81. The van der Waals surface area contributed by atoms with Crippen molar-refractivity contribution >= 4 is 18.1 Å². The van der Waals surface area contributed by atoms with Crippen molar-refractivity contribution in [2.75, 3.05) is 13.2 Å². The van der Waals surface area contributed by atoms with Gasteiger partial charge >= 0.3 is 6.09 Å². The number of aliphatic hydroxyl groups is 2. The second-order valence-electron chi connectivity index (χ2n) is 7.91. The molecule has 1 amide bonds. The maximum Gasteiger partial charge on any atom is 0.407 e. The lowest BCUT2D eigenvalue weighted by atomic mass is 9.98. The Morgan fingerprint density at radius 2 is 1.68 bits per heavy atom. The Bertz CT molecular complexity index is 1200. The zero-order chi connectivity index (χ0) is 24.2. The molecule has 3 aromatic carbocycles. The van der Waals surface area contributed by atoms with Crippen molar-refractivity contribution in [1.29, 1.82) is 0 Å². The van der Waals surface area contributed by atoms with Gasteiger partial charge in [0.2, 0.25) is 0 Å².